The summed E-state index contributed by atoms with van der Waals surface area (Å²) in [5.41, 5.74) is 0.780. The number of furan rings is 1. The van der Waals surface area contributed by atoms with Gasteiger partial charge in [0.05, 0.1) is 17.6 Å². The molecule has 3 rings (SSSR count). The monoisotopic (exact) mass is 293 g/mol. The van der Waals surface area contributed by atoms with Gasteiger partial charge in [0.15, 0.2) is 0 Å². The van der Waals surface area contributed by atoms with Gasteiger partial charge in [0.25, 0.3) is 11.1 Å². The first-order chi connectivity index (χ1) is 9.72. The minimum absolute atomic E-state index is 0.00106. The van der Waals surface area contributed by atoms with E-state index in [1.807, 2.05) is 6.92 Å². The molecule has 0 aromatic carbocycles. The number of aromatic nitrogens is 2. The van der Waals surface area contributed by atoms with Crippen LogP contribution in [0.4, 0.5) is 0 Å². The highest BCUT2D eigenvalue weighted by Crippen LogP contribution is 2.28. The first-order valence-corrected chi connectivity index (χ1v) is 7.48. The van der Waals surface area contributed by atoms with Gasteiger partial charge in [-0.15, -0.1) is 10.2 Å². The summed E-state index contributed by atoms with van der Waals surface area (Å²) in [7, 11) is 0. The Kier molecular flexibility index (Phi) is 3.77. The molecule has 0 atom stereocenters. The third kappa shape index (κ3) is 3.22. The van der Waals surface area contributed by atoms with Crippen LogP contribution in [0.2, 0.25) is 0 Å². The van der Waals surface area contributed by atoms with Gasteiger partial charge in [-0.1, -0.05) is 11.8 Å². The second kappa shape index (κ2) is 5.70. The maximum Gasteiger partial charge on any atom is 0.277 e. The molecule has 6 nitrogen and oxygen atoms in total. The van der Waals surface area contributed by atoms with Crippen molar-refractivity contribution in [2.45, 2.75) is 25.0 Å². The SMILES string of the molecule is Cc1occc1-c1nnc(SCC(=O)NCC2CC2)o1. The van der Waals surface area contributed by atoms with Crippen LogP contribution in [0.3, 0.4) is 0 Å². The number of thioether (sulfide) groups is 1. The lowest BCUT2D eigenvalue weighted by Gasteiger charge is -2.01. The summed E-state index contributed by atoms with van der Waals surface area (Å²) in [4.78, 5) is 11.6. The summed E-state index contributed by atoms with van der Waals surface area (Å²) in [5.74, 6) is 2.12. The van der Waals surface area contributed by atoms with Crippen LogP contribution in [-0.2, 0) is 4.79 Å². The number of carbonyl (C=O) groups excluding carboxylic acids is 1. The molecule has 0 radical (unpaired) electrons. The quantitative estimate of drug-likeness (QED) is 0.823. The molecule has 2 aromatic heterocycles. The average Bonchev–Trinajstić information content (AvgIpc) is 2.99. The fraction of sp³-hybridized carbons (Fsp3) is 0.462. The molecule has 0 spiro atoms. The van der Waals surface area contributed by atoms with E-state index in [4.69, 9.17) is 8.83 Å². The van der Waals surface area contributed by atoms with E-state index in [-0.39, 0.29) is 5.91 Å². The van der Waals surface area contributed by atoms with E-state index >= 15 is 0 Å². The standard InChI is InChI=1S/C13H15N3O3S/c1-8-10(4-5-18-8)12-15-16-13(19-12)20-7-11(17)14-6-9-2-3-9/h4-5,9H,2-3,6-7H2,1H3,(H,14,17). The van der Waals surface area contributed by atoms with E-state index < -0.39 is 0 Å². The molecule has 7 heteroatoms. The van der Waals surface area contributed by atoms with E-state index in [0.717, 1.165) is 17.9 Å². The summed E-state index contributed by atoms with van der Waals surface area (Å²) in [6, 6.07) is 1.78. The number of amides is 1. The number of hydrogen-bond acceptors (Lipinski definition) is 6. The predicted octanol–water partition coefficient (Wildman–Crippen LogP) is 2.26. The topological polar surface area (TPSA) is 81.2 Å². The maximum atomic E-state index is 11.6. The van der Waals surface area contributed by atoms with Gasteiger partial charge < -0.3 is 14.2 Å². The van der Waals surface area contributed by atoms with Crippen molar-refractivity contribution in [3.05, 3.63) is 18.1 Å². The van der Waals surface area contributed by atoms with Crippen molar-refractivity contribution in [2.75, 3.05) is 12.3 Å². The van der Waals surface area contributed by atoms with Gasteiger partial charge in [0.1, 0.15) is 5.76 Å². The average molecular weight is 293 g/mol. The van der Waals surface area contributed by atoms with Crippen LogP contribution < -0.4 is 5.32 Å². The first-order valence-electron chi connectivity index (χ1n) is 6.50. The van der Waals surface area contributed by atoms with E-state index in [1.165, 1.54) is 24.6 Å². The molecule has 1 aliphatic rings. The van der Waals surface area contributed by atoms with Crippen molar-refractivity contribution in [3.8, 4) is 11.5 Å². The third-order valence-corrected chi connectivity index (χ3v) is 3.93. The Morgan fingerprint density at radius 3 is 3.05 bits per heavy atom. The van der Waals surface area contributed by atoms with Gasteiger partial charge in [0.2, 0.25) is 5.91 Å². The van der Waals surface area contributed by atoms with Gasteiger partial charge in [-0.05, 0) is 31.7 Å². The van der Waals surface area contributed by atoms with E-state index in [2.05, 4.69) is 15.5 Å². The molecule has 20 heavy (non-hydrogen) atoms. The highest BCUT2D eigenvalue weighted by molar-refractivity contribution is 7.99. The lowest BCUT2D eigenvalue weighted by molar-refractivity contribution is -0.118. The zero-order valence-corrected chi connectivity index (χ0v) is 11.9. The molecule has 1 saturated carbocycles. The molecule has 0 unspecified atom stereocenters. The van der Waals surface area contributed by atoms with E-state index in [0.29, 0.717) is 22.8 Å². The Hall–Kier alpha value is -1.76. The molecule has 0 aliphatic heterocycles. The van der Waals surface area contributed by atoms with Crippen LogP contribution in [0.15, 0.2) is 26.4 Å². The summed E-state index contributed by atoms with van der Waals surface area (Å²) in [6.45, 7) is 2.61. The summed E-state index contributed by atoms with van der Waals surface area (Å²) in [6.07, 6.45) is 4.03. The number of carbonyl (C=O) groups is 1. The first kappa shape index (κ1) is 13.2. The number of nitrogens with one attached hydrogen (secondary N) is 1. The fourth-order valence-electron chi connectivity index (χ4n) is 1.74. The Bertz CT molecular complexity index is 604. The van der Waals surface area contributed by atoms with Crippen molar-refractivity contribution < 1.29 is 13.6 Å². The maximum absolute atomic E-state index is 11.6. The molecule has 1 aliphatic carbocycles. The van der Waals surface area contributed by atoms with Crippen LogP contribution in [0.25, 0.3) is 11.5 Å². The zero-order valence-electron chi connectivity index (χ0n) is 11.1. The van der Waals surface area contributed by atoms with Gasteiger partial charge in [0, 0.05) is 6.54 Å². The molecule has 2 heterocycles. The Balaban J connectivity index is 1.52. The summed E-state index contributed by atoms with van der Waals surface area (Å²) < 4.78 is 10.7. The third-order valence-electron chi connectivity index (χ3n) is 3.11. The van der Waals surface area contributed by atoms with Crippen molar-refractivity contribution in [1.82, 2.24) is 15.5 Å². The zero-order chi connectivity index (χ0) is 13.9. The lowest BCUT2D eigenvalue weighted by Crippen LogP contribution is -2.27. The predicted molar refractivity (Wildman–Crippen MR) is 73.2 cm³/mol. The second-order valence-electron chi connectivity index (χ2n) is 4.80. The highest BCUT2D eigenvalue weighted by Gasteiger charge is 2.21. The molecule has 1 N–H and O–H groups in total. The molecule has 2 aromatic rings. The molecule has 1 amide bonds. The molecule has 0 saturated heterocycles. The number of aryl methyl sites for hydroxylation is 1. The van der Waals surface area contributed by atoms with Crippen LogP contribution in [0.1, 0.15) is 18.6 Å². The van der Waals surface area contributed by atoms with Crippen molar-refractivity contribution >= 4 is 17.7 Å². The van der Waals surface area contributed by atoms with Gasteiger partial charge in [-0.25, -0.2) is 0 Å². The van der Waals surface area contributed by atoms with Gasteiger partial charge >= 0.3 is 0 Å². The van der Waals surface area contributed by atoms with Crippen LogP contribution in [0.5, 0.6) is 0 Å². The van der Waals surface area contributed by atoms with Crippen molar-refractivity contribution in [2.24, 2.45) is 5.92 Å². The van der Waals surface area contributed by atoms with Crippen molar-refractivity contribution in [1.29, 1.82) is 0 Å². The second-order valence-corrected chi connectivity index (χ2v) is 5.73. The molecule has 106 valence electrons. The number of nitrogens with zero attached hydrogens (tertiary/aromatic N) is 2. The molecule has 1 fully saturated rings. The molecule has 0 bridgehead atoms. The lowest BCUT2D eigenvalue weighted by atomic mass is 10.3. The Morgan fingerprint density at radius 2 is 2.35 bits per heavy atom. The van der Waals surface area contributed by atoms with Gasteiger partial charge in [-0.2, -0.15) is 0 Å². The molecular formula is C13H15N3O3S. The smallest absolute Gasteiger partial charge is 0.277 e. The highest BCUT2D eigenvalue weighted by atomic mass is 32.2. The van der Waals surface area contributed by atoms with Crippen LogP contribution >= 0.6 is 11.8 Å². The number of hydrogen-bond donors (Lipinski definition) is 1. The largest absolute Gasteiger partial charge is 0.469 e. The van der Waals surface area contributed by atoms with E-state index in [1.54, 1.807) is 12.3 Å². The minimum atomic E-state index is 0.00106. The molecular weight excluding hydrogens is 278 g/mol. The Morgan fingerprint density at radius 1 is 1.50 bits per heavy atom. The normalized spacial score (nSPS) is 14.4. The number of rotatable bonds is 6. The summed E-state index contributed by atoms with van der Waals surface area (Å²) >= 11 is 1.24. The Labute approximate surface area is 120 Å². The fourth-order valence-corrected chi connectivity index (χ4v) is 2.34. The summed E-state index contributed by atoms with van der Waals surface area (Å²) in [5, 5.41) is 11.2. The van der Waals surface area contributed by atoms with E-state index in [9.17, 15) is 4.79 Å². The van der Waals surface area contributed by atoms with Crippen molar-refractivity contribution in [3.63, 3.8) is 0 Å². The van der Waals surface area contributed by atoms with Gasteiger partial charge in [-0.3, -0.25) is 4.79 Å². The minimum Gasteiger partial charge on any atom is -0.469 e. The van der Waals surface area contributed by atoms with Crippen LogP contribution in [0, 0.1) is 12.8 Å². The van der Waals surface area contributed by atoms with Crippen LogP contribution in [-0.4, -0.2) is 28.4 Å².